The number of nitrogens with one attached hydrogen (secondary N) is 2. The smallest absolute Gasteiger partial charge is 0.191 e. The van der Waals surface area contributed by atoms with Crippen LogP contribution in [-0.2, 0) is 6.42 Å². The zero-order valence-electron chi connectivity index (χ0n) is 14.2. The largest absolute Gasteiger partial charge is 0.393 e. The van der Waals surface area contributed by atoms with E-state index in [0.29, 0.717) is 19.0 Å². The average Bonchev–Trinajstić information content (AvgIpc) is 2.55. The molecule has 1 saturated carbocycles. The van der Waals surface area contributed by atoms with E-state index in [9.17, 15) is 9.50 Å². The summed E-state index contributed by atoms with van der Waals surface area (Å²) < 4.78 is 14.5. The van der Waals surface area contributed by atoms with Crippen molar-refractivity contribution in [3.05, 3.63) is 34.1 Å². The molecule has 3 N–H and O–H groups in total. The molecule has 0 bridgehead atoms. The first-order chi connectivity index (χ1) is 11.6. The number of hydrogen-bond acceptors (Lipinski definition) is 2. The van der Waals surface area contributed by atoms with E-state index in [1.54, 1.807) is 0 Å². The Balaban J connectivity index is 1.80. The first-order valence-electron chi connectivity index (χ1n) is 8.75. The topological polar surface area (TPSA) is 56.7 Å². The summed E-state index contributed by atoms with van der Waals surface area (Å²) in [6.07, 6.45) is 4.96. The predicted molar refractivity (Wildman–Crippen MR) is 99.8 cm³/mol. The van der Waals surface area contributed by atoms with Crippen LogP contribution in [-0.4, -0.2) is 36.3 Å². The van der Waals surface area contributed by atoms with Gasteiger partial charge < -0.3 is 15.7 Å². The van der Waals surface area contributed by atoms with Crippen molar-refractivity contribution in [3.8, 4) is 0 Å². The standard InChI is InChI=1S/C18H27BrFN3O/c1-2-21-18(23-15-7-9-16(24)10-8-15)22-11-3-4-13-5-6-14(19)12-17(13)20/h5-6,12,15-16,24H,2-4,7-11H2,1H3,(H2,21,22,23). The van der Waals surface area contributed by atoms with E-state index in [1.165, 1.54) is 6.07 Å². The molecule has 0 heterocycles. The third-order valence-corrected chi connectivity index (χ3v) is 4.76. The summed E-state index contributed by atoms with van der Waals surface area (Å²) >= 11 is 3.27. The van der Waals surface area contributed by atoms with E-state index in [2.05, 4.69) is 31.6 Å². The molecule has 1 aromatic rings. The summed E-state index contributed by atoms with van der Waals surface area (Å²) in [6, 6.07) is 5.56. The first kappa shape index (κ1) is 19.2. The van der Waals surface area contributed by atoms with Gasteiger partial charge in [-0.2, -0.15) is 0 Å². The fourth-order valence-corrected chi connectivity index (χ4v) is 3.25. The number of aliphatic hydroxyl groups is 1. The van der Waals surface area contributed by atoms with Crippen LogP contribution < -0.4 is 10.6 Å². The van der Waals surface area contributed by atoms with E-state index in [1.807, 2.05) is 19.1 Å². The third kappa shape index (κ3) is 6.40. The van der Waals surface area contributed by atoms with Gasteiger partial charge in [0.25, 0.3) is 0 Å². The van der Waals surface area contributed by atoms with E-state index in [-0.39, 0.29) is 11.9 Å². The number of guanidine groups is 1. The van der Waals surface area contributed by atoms with Gasteiger partial charge in [0.05, 0.1) is 6.10 Å². The summed E-state index contributed by atoms with van der Waals surface area (Å²) in [7, 11) is 0. The number of hydrogen-bond donors (Lipinski definition) is 3. The molecule has 0 spiro atoms. The summed E-state index contributed by atoms with van der Waals surface area (Å²) in [4.78, 5) is 4.59. The van der Waals surface area contributed by atoms with Gasteiger partial charge in [0, 0.05) is 23.6 Å². The molecule has 24 heavy (non-hydrogen) atoms. The SMILES string of the molecule is CCNC(=NCCCc1ccc(Br)cc1F)NC1CCC(O)CC1. The van der Waals surface area contributed by atoms with Crippen LogP contribution in [0.15, 0.2) is 27.7 Å². The number of aliphatic hydroxyl groups excluding tert-OH is 1. The van der Waals surface area contributed by atoms with E-state index >= 15 is 0 Å². The second-order valence-electron chi connectivity index (χ2n) is 6.25. The lowest BCUT2D eigenvalue weighted by Crippen LogP contribution is -2.45. The maximum atomic E-state index is 13.8. The van der Waals surface area contributed by atoms with Gasteiger partial charge in [0.1, 0.15) is 5.82 Å². The zero-order chi connectivity index (χ0) is 17.4. The van der Waals surface area contributed by atoms with Crippen LogP contribution in [0.3, 0.4) is 0 Å². The molecular weight excluding hydrogens is 373 g/mol. The van der Waals surface area contributed by atoms with Crippen molar-refractivity contribution in [1.82, 2.24) is 10.6 Å². The van der Waals surface area contributed by atoms with Crippen LogP contribution in [0.4, 0.5) is 4.39 Å². The number of benzene rings is 1. The molecular formula is C18H27BrFN3O. The monoisotopic (exact) mass is 399 g/mol. The van der Waals surface area contributed by atoms with Gasteiger partial charge in [-0.05, 0) is 63.1 Å². The Kier molecular flexibility index (Phi) is 7.99. The van der Waals surface area contributed by atoms with Crippen LogP contribution in [0, 0.1) is 5.82 Å². The second-order valence-corrected chi connectivity index (χ2v) is 7.17. The Bertz CT molecular complexity index is 545. The van der Waals surface area contributed by atoms with Crippen molar-refractivity contribution in [2.24, 2.45) is 4.99 Å². The molecule has 0 atom stereocenters. The van der Waals surface area contributed by atoms with Crippen LogP contribution in [0.1, 0.15) is 44.6 Å². The van der Waals surface area contributed by atoms with Crippen LogP contribution >= 0.6 is 15.9 Å². The highest BCUT2D eigenvalue weighted by Gasteiger charge is 2.19. The summed E-state index contributed by atoms with van der Waals surface area (Å²) in [5.74, 6) is 0.648. The lowest BCUT2D eigenvalue weighted by Gasteiger charge is -2.27. The van der Waals surface area contributed by atoms with Crippen molar-refractivity contribution in [3.63, 3.8) is 0 Å². The van der Waals surface area contributed by atoms with E-state index < -0.39 is 0 Å². The summed E-state index contributed by atoms with van der Waals surface area (Å²) in [6.45, 7) is 3.50. The van der Waals surface area contributed by atoms with Gasteiger partial charge in [-0.3, -0.25) is 4.99 Å². The normalized spacial score (nSPS) is 21.6. The van der Waals surface area contributed by atoms with Crippen LogP contribution in [0.25, 0.3) is 0 Å². The number of nitrogens with zero attached hydrogens (tertiary/aromatic N) is 1. The molecule has 2 rings (SSSR count). The Morgan fingerprint density at radius 2 is 2.08 bits per heavy atom. The fraction of sp³-hybridized carbons (Fsp3) is 0.611. The highest BCUT2D eigenvalue weighted by molar-refractivity contribution is 9.10. The lowest BCUT2D eigenvalue weighted by atomic mass is 9.93. The van der Waals surface area contributed by atoms with Crippen LogP contribution in [0.2, 0.25) is 0 Å². The summed E-state index contributed by atoms with van der Waals surface area (Å²) in [5, 5.41) is 16.3. The fourth-order valence-electron chi connectivity index (χ4n) is 2.92. The molecule has 0 unspecified atom stereocenters. The maximum absolute atomic E-state index is 13.8. The minimum atomic E-state index is -0.167. The minimum Gasteiger partial charge on any atom is -0.393 e. The molecule has 1 aromatic carbocycles. The highest BCUT2D eigenvalue weighted by Crippen LogP contribution is 2.18. The zero-order valence-corrected chi connectivity index (χ0v) is 15.8. The van der Waals surface area contributed by atoms with Crippen molar-refractivity contribution < 1.29 is 9.50 Å². The predicted octanol–water partition coefficient (Wildman–Crippen LogP) is 3.38. The minimum absolute atomic E-state index is 0.150. The van der Waals surface area contributed by atoms with Gasteiger partial charge in [-0.15, -0.1) is 0 Å². The number of aliphatic imine (C=N–C) groups is 1. The van der Waals surface area contributed by atoms with Gasteiger partial charge in [-0.1, -0.05) is 22.0 Å². The van der Waals surface area contributed by atoms with Gasteiger partial charge in [-0.25, -0.2) is 4.39 Å². The van der Waals surface area contributed by atoms with Gasteiger partial charge >= 0.3 is 0 Å². The summed E-state index contributed by atoms with van der Waals surface area (Å²) in [5.41, 5.74) is 0.729. The molecule has 1 fully saturated rings. The number of halogens is 2. The van der Waals surface area contributed by atoms with Crippen molar-refractivity contribution in [2.45, 2.75) is 57.6 Å². The van der Waals surface area contributed by atoms with Crippen molar-refractivity contribution in [1.29, 1.82) is 0 Å². The molecule has 0 amide bonds. The first-order valence-corrected chi connectivity index (χ1v) is 9.54. The van der Waals surface area contributed by atoms with Crippen molar-refractivity contribution in [2.75, 3.05) is 13.1 Å². The Labute approximate surface area is 152 Å². The molecule has 4 nitrogen and oxygen atoms in total. The van der Waals surface area contributed by atoms with Crippen LogP contribution in [0.5, 0.6) is 0 Å². The number of rotatable bonds is 6. The number of aryl methyl sites for hydroxylation is 1. The van der Waals surface area contributed by atoms with Gasteiger partial charge in [0.2, 0.25) is 0 Å². The highest BCUT2D eigenvalue weighted by atomic mass is 79.9. The van der Waals surface area contributed by atoms with E-state index in [4.69, 9.17) is 0 Å². The van der Waals surface area contributed by atoms with Crippen molar-refractivity contribution >= 4 is 21.9 Å². The molecule has 0 aromatic heterocycles. The Hall–Kier alpha value is -1.14. The molecule has 134 valence electrons. The molecule has 0 aliphatic heterocycles. The molecule has 6 heteroatoms. The molecule has 1 aliphatic carbocycles. The molecule has 1 aliphatic rings. The second kappa shape index (κ2) is 9.99. The Morgan fingerprint density at radius 1 is 1.33 bits per heavy atom. The van der Waals surface area contributed by atoms with E-state index in [0.717, 1.165) is 54.6 Å². The average molecular weight is 400 g/mol. The van der Waals surface area contributed by atoms with Gasteiger partial charge in [0.15, 0.2) is 5.96 Å². The lowest BCUT2D eigenvalue weighted by molar-refractivity contribution is 0.120. The third-order valence-electron chi connectivity index (χ3n) is 4.27. The molecule has 0 saturated heterocycles. The quantitative estimate of drug-likeness (QED) is 0.390. The maximum Gasteiger partial charge on any atom is 0.191 e. The molecule has 0 radical (unpaired) electrons. The Morgan fingerprint density at radius 3 is 2.75 bits per heavy atom.